The number of ether oxygens (including phenoxy) is 1. The number of hydrogen-bond acceptors (Lipinski definition) is 2. The van der Waals surface area contributed by atoms with E-state index < -0.39 is 8.07 Å². The zero-order valence-corrected chi connectivity index (χ0v) is 15.8. The van der Waals surface area contributed by atoms with Crippen LogP contribution in [0.15, 0.2) is 16.6 Å². The standard InChI is InChI=1S/C13H17BrCl2N2OSi/c1-20(2,3)7-6-19-8-18-12-10(17-13(18)16)5-4-9(14)11(12)15/h4-5H,6-8H2,1-3H3. The molecule has 1 aromatic heterocycles. The number of aromatic nitrogens is 2. The minimum Gasteiger partial charge on any atom is -0.361 e. The van der Waals surface area contributed by atoms with Crippen LogP contribution in [0.5, 0.6) is 0 Å². The number of imidazole rings is 1. The van der Waals surface area contributed by atoms with Crippen LogP contribution in [0, 0.1) is 0 Å². The molecule has 0 fully saturated rings. The molecule has 2 aromatic rings. The summed E-state index contributed by atoms with van der Waals surface area (Å²) < 4.78 is 8.36. The molecular weight excluding hydrogens is 379 g/mol. The van der Waals surface area contributed by atoms with Gasteiger partial charge >= 0.3 is 0 Å². The maximum absolute atomic E-state index is 6.31. The molecule has 0 saturated carbocycles. The zero-order valence-electron chi connectivity index (χ0n) is 11.7. The summed E-state index contributed by atoms with van der Waals surface area (Å²) in [5.41, 5.74) is 1.58. The van der Waals surface area contributed by atoms with Gasteiger partial charge in [0.1, 0.15) is 6.73 Å². The SMILES string of the molecule is C[Si](C)(C)CCOCn1c(Cl)nc2ccc(Br)c(Cl)c21. The second-order valence-corrected chi connectivity index (χ2v) is 13.1. The summed E-state index contributed by atoms with van der Waals surface area (Å²) in [5.74, 6) is 0. The monoisotopic (exact) mass is 394 g/mol. The summed E-state index contributed by atoms with van der Waals surface area (Å²) >= 11 is 15.9. The first-order valence-electron chi connectivity index (χ1n) is 6.37. The lowest BCUT2D eigenvalue weighted by Crippen LogP contribution is -2.22. The van der Waals surface area contributed by atoms with Crippen molar-refractivity contribution in [2.45, 2.75) is 32.4 Å². The fourth-order valence-corrected chi connectivity index (χ4v) is 3.34. The van der Waals surface area contributed by atoms with Gasteiger partial charge in [-0.3, -0.25) is 4.57 Å². The highest BCUT2D eigenvalue weighted by molar-refractivity contribution is 9.10. The Balaban J connectivity index is 2.17. The van der Waals surface area contributed by atoms with Crippen molar-refractivity contribution in [1.29, 1.82) is 0 Å². The number of benzene rings is 1. The molecule has 0 N–H and O–H groups in total. The number of rotatable bonds is 5. The Labute approximate surface area is 138 Å². The lowest BCUT2D eigenvalue weighted by atomic mass is 10.3. The summed E-state index contributed by atoms with van der Waals surface area (Å²) in [5, 5.41) is 1.00. The zero-order chi connectivity index (χ0) is 14.9. The predicted octanol–water partition coefficient (Wildman–Crippen LogP) is 5.42. The number of nitrogens with zero attached hydrogens (tertiary/aromatic N) is 2. The first kappa shape index (κ1) is 16.3. The van der Waals surface area contributed by atoms with Gasteiger partial charge in [-0.2, -0.15) is 0 Å². The van der Waals surface area contributed by atoms with Crippen molar-refractivity contribution in [2.75, 3.05) is 6.61 Å². The molecule has 0 spiro atoms. The van der Waals surface area contributed by atoms with Gasteiger partial charge in [0.25, 0.3) is 0 Å². The topological polar surface area (TPSA) is 27.1 Å². The van der Waals surface area contributed by atoms with Crippen LogP contribution in [-0.4, -0.2) is 24.2 Å². The van der Waals surface area contributed by atoms with Gasteiger partial charge in [-0.25, -0.2) is 4.98 Å². The van der Waals surface area contributed by atoms with Gasteiger partial charge in [0.05, 0.1) is 16.1 Å². The minimum absolute atomic E-state index is 0.371. The van der Waals surface area contributed by atoms with E-state index >= 15 is 0 Å². The van der Waals surface area contributed by atoms with Crippen LogP contribution >= 0.6 is 39.1 Å². The first-order chi connectivity index (χ1) is 9.29. The molecule has 0 atom stereocenters. The molecule has 0 saturated heterocycles. The Morgan fingerprint density at radius 3 is 2.65 bits per heavy atom. The molecule has 0 amide bonds. The van der Waals surface area contributed by atoms with Gasteiger partial charge in [0, 0.05) is 19.2 Å². The molecule has 1 aromatic carbocycles. The molecule has 20 heavy (non-hydrogen) atoms. The average molecular weight is 396 g/mol. The van der Waals surface area contributed by atoms with Crippen LogP contribution in [0.4, 0.5) is 0 Å². The smallest absolute Gasteiger partial charge is 0.205 e. The molecule has 0 aliphatic heterocycles. The third kappa shape index (κ3) is 3.77. The maximum atomic E-state index is 6.31. The molecule has 2 rings (SSSR count). The Bertz CT molecular complexity index is 625. The van der Waals surface area contributed by atoms with E-state index in [1.165, 1.54) is 0 Å². The van der Waals surface area contributed by atoms with Crippen molar-refractivity contribution in [3.63, 3.8) is 0 Å². The van der Waals surface area contributed by atoms with Gasteiger partial charge < -0.3 is 4.74 Å². The first-order valence-corrected chi connectivity index (χ1v) is 11.6. The summed E-state index contributed by atoms with van der Waals surface area (Å²) in [4.78, 5) is 4.29. The molecule has 110 valence electrons. The van der Waals surface area contributed by atoms with E-state index in [4.69, 9.17) is 27.9 Å². The number of fused-ring (bicyclic) bond motifs is 1. The Kier molecular flexibility index (Phi) is 5.18. The Morgan fingerprint density at radius 2 is 2.00 bits per heavy atom. The van der Waals surface area contributed by atoms with Crippen LogP contribution in [-0.2, 0) is 11.5 Å². The molecule has 0 radical (unpaired) electrons. The third-order valence-electron chi connectivity index (χ3n) is 2.97. The van der Waals surface area contributed by atoms with Crippen molar-refractivity contribution in [3.8, 4) is 0 Å². The van der Waals surface area contributed by atoms with E-state index in [1.807, 2.05) is 12.1 Å². The molecule has 7 heteroatoms. The third-order valence-corrected chi connectivity index (χ3v) is 6.23. The van der Waals surface area contributed by atoms with E-state index in [0.29, 0.717) is 17.0 Å². The average Bonchev–Trinajstić information content (AvgIpc) is 2.66. The van der Waals surface area contributed by atoms with Gasteiger partial charge in [0.2, 0.25) is 5.28 Å². The molecule has 0 aliphatic carbocycles. The van der Waals surface area contributed by atoms with Crippen LogP contribution < -0.4 is 0 Å². The van der Waals surface area contributed by atoms with Crippen LogP contribution in [0.3, 0.4) is 0 Å². The fourth-order valence-electron chi connectivity index (χ4n) is 1.78. The highest BCUT2D eigenvalue weighted by Crippen LogP contribution is 2.32. The number of hydrogen-bond donors (Lipinski definition) is 0. The van der Waals surface area contributed by atoms with Crippen LogP contribution in [0.2, 0.25) is 36.0 Å². The van der Waals surface area contributed by atoms with Crippen molar-refractivity contribution < 1.29 is 4.74 Å². The molecule has 1 heterocycles. The number of halogens is 3. The highest BCUT2D eigenvalue weighted by Gasteiger charge is 2.15. The Hall–Kier alpha value is -0.0731. The fraction of sp³-hybridized carbons (Fsp3) is 0.462. The molecule has 3 nitrogen and oxygen atoms in total. The van der Waals surface area contributed by atoms with E-state index in [9.17, 15) is 0 Å². The molecule has 0 aliphatic rings. The largest absolute Gasteiger partial charge is 0.361 e. The second-order valence-electron chi connectivity index (χ2n) is 5.89. The molecular formula is C13H17BrCl2N2OSi. The lowest BCUT2D eigenvalue weighted by molar-refractivity contribution is 0.0900. The van der Waals surface area contributed by atoms with Gasteiger partial charge in [-0.15, -0.1) is 0 Å². The van der Waals surface area contributed by atoms with Crippen molar-refractivity contribution in [3.05, 3.63) is 26.9 Å². The van der Waals surface area contributed by atoms with Crippen molar-refractivity contribution in [1.82, 2.24) is 9.55 Å². The van der Waals surface area contributed by atoms with Crippen molar-refractivity contribution >= 4 is 58.2 Å². The van der Waals surface area contributed by atoms with E-state index in [0.717, 1.165) is 28.2 Å². The highest BCUT2D eigenvalue weighted by atomic mass is 79.9. The normalized spacial score (nSPS) is 12.3. The predicted molar refractivity (Wildman–Crippen MR) is 91.6 cm³/mol. The second kappa shape index (κ2) is 6.36. The van der Waals surface area contributed by atoms with E-state index in [2.05, 4.69) is 40.6 Å². The molecule has 0 bridgehead atoms. The van der Waals surface area contributed by atoms with Crippen LogP contribution in [0.1, 0.15) is 0 Å². The Morgan fingerprint density at radius 1 is 1.30 bits per heavy atom. The summed E-state index contributed by atoms with van der Waals surface area (Å²) in [6.45, 7) is 8.07. The lowest BCUT2D eigenvalue weighted by Gasteiger charge is -2.16. The summed E-state index contributed by atoms with van der Waals surface area (Å²) in [7, 11) is -1.08. The quantitative estimate of drug-likeness (QED) is 0.499. The van der Waals surface area contributed by atoms with Crippen LogP contribution in [0.25, 0.3) is 11.0 Å². The minimum atomic E-state index is -1.08. The van der Waals surface area contributed by atoms with Gasteiger partial charge in [-0.1, -0.05) is 31.2 Å². The van der Waals surface area contributed by atoms with E-state index in [-0.39, 0.29) is 0 Å². The van der Waals surface area contributed by atoms with Crippen molar-refractivity contribution in [2.24, 2.45) is 0 Å². The molecule has 0 unspecified atom stereocenters. The maximum Gasteiger partial charge on any atom is 0.205 e. The van der Waals surface area contributed by atoms with Gasteiger partial charge in [0.15, 0.2) is 0 Å². The van der Waals surface area contributed by atoms with Gasteiger partial charge in [-0.05, 0) is 45.7 Å². The van der Waals surface area contributed by atoms with E-state index in [1.54, 1.807) is 4.57 Å². The summed E-state index contributed by atoms with van der Waals surface area (Å²) in [6, 6.07) is 4.87. The summed E-state index contributed by atoms with van der Waals surface area (Å²) in [6.07, 6.45) is 0.